The van der Waals surface area contributed by atoms with Gasteiger partial charge in [-0.25, -0.2) is 0 Å². The zero-order chi connectivity index (χ0) is 9.97. The summed E-state index contributed by atoms with van der Waals surface area (Å²) in [6.07, 6.45) is 6.35. The van der Waals surface area contributed by atoms with E-state index in [1.54, 1.807) is 0 Å². The second-order valence-electron chi connectivity index (χ2n) is 6.25. The molecule has 3 heteroatoms. The first-order chi connectivity index (χ1) is 6.51. The summed E-state index contributed by atoms with van der Waals surface area (Å²) < 4.78 is 0. The maximum absolute atomic E-state index is 11.2. The van der Waals surface area contributed by atoms with E-state index >= 15 is 0 Å². The Bertz CT molecular complexity index is 286. The number of nitrogens with zero attached hydrogens (tertiary/aromatic N) is 1. The molecule has 4 fully saturated rings. The predicted octanol–water partition coefficient (Wildman–Crippen LogP) is 2.62. The molecule has 0 spiro atoms. The van der Waals surface area contributed by atoms with Gasteiger partial charge in [-0.1, -0.05) is 6.92 Å². The molecule has 0 radical (unpaired) electrons. The molecule has 4 saturated carbocycles. The summed E-state index contributed by atoms with van der Waals surface area (Å²) in [6, 6.07) is 0. The van der Waals surface area contributed by atoms with E-state index in [1.165, 1.54) is 19.3 Å². The van der Waals surface area contributed by atoms with Crippen LogP contribution in [-0.2, 0) is 0 Å². The van der Waals surface area contributed by atoms with Gasteiger partial charge in [0.1, 0.15) is 0 Å². The average molecular weight is 195 g/mol. The van der Waals surface area contributed by atoms with Crippen molar-refractivity contribution in [1.29, 1.82) is 0 Å². The molecule has 0 aliphatic heterocycles. The minimum atomic E-state index is -0.515. The van der Waals surface area contributed by atoms with Crippen molar-refractivity contribution in [1.82, 2.24) is 0 Å². The summed E-state index contributed by atoms with van der Waals surface area (Å²) in [7, 11) is 0. The van der Waals surface area contributed by atoms with Gasteiger partial charge >= 0.3 is 0 Å². The number of hydrogen-bond donors (Lipinski definition) is 0. The summed E-state index contributed by atoms with van der Waals surface area (Å²) in [5, 5.41) is 11.2. The van der Waals surface area contributed by atoms with Gasteiger partial charge in [-0.2, -0.15) is 0 Å². The van der Waals surface area contributed by atoms with Gasteiger partial charge in [0.05, 0.1) is 0 Å². The maximum Gasteiger partial charge on any atom is 0.223 e. The maximum atomic E-state index is 11.2. The third kappa shape index (κ3) is 0.984. The molecule has 78 valence electrons. The van der Waals surface area contributed by atoms with E-state index in [2.05, 4.69) is 6.92 Å². The van der Waals surface area contributed by atoms with Gasteiger partial charge in [0, 0.05) is 24.2 Å². The van der Waals surface area contributed by atoms with E-state index in [4.69, 9.17) is 0 Å². The summed E-state index contributed by atoms with van der Waals surface area (Å²) in [5.74, 6) is 1.32. The fourth-order valence-electron chi connectivity index (χ4n) is 4.88. The molecular formula is C11H17NO2. The van der Waals surface area contributed by atoms with Crippen molar-refractivity contribution in [2.24, 2.45) is 17.3 Å². The summed E-state index contributed by atoms with van der Waals surface area (Å²) >= 11 is 0. The lowest BCUT2D eigenvalue weighted by molar-refractivity contribution is -0.591. The predicted molar refractivity (Wildman–Crippen MR) is 52.5 cm³/mol. The van der Waals surface area contributed by atoms with E-state index in [1.807, 2.05) is 0 Å². The lowest BCUT2D eigenvalue weighted by atomic mass is 9.47. The normalized spacial score (nSPS) is 54.9. The molecule has 0 heterocycles. The molecule has 0 N–H and O–H groups in total. The largest absolute Gasteiger partial charge is 0.264 e. The van der Waals surface area contributed by atoms with Gasteiger partial charge < -0.3 is 0 Å². The first kappa shape index (κ1) is 8.69. The van der Waals surface area contributed by atoms with Crippen molar-refractivity contribution in [3.8, 4) is 0 Å². The first-order valence-corrected chi connectivity index (χ1v) is 5.66. The first-order valence-electron chi connectivity index (χ1n) is 5.66. The van der Waals surface area contributed by atoms with Gasteiger partial charge in [0.25, 0.3) is 0 Å². The Balaban J connectivity index is 2.00. The van der Waals surface area contributed by atoms with E-state index in [-0.39, 0.29) is 4.92 Å². The number of nitro groups is 1. The van der Waals surface area contributed by atoms with Crippen molar-refractivity contribution >= 4 is 0 Å². The zero-order valence-corrected chi connectivity index (χ0v) is 8.66. The van der Waals surface area contributed by atoms with Crippen LogP contribution >= 0.6 is 0 Å². The van der Waals surface area contributed by atoms with Crippen LogP contribution in [0.2, 0.25) is 0 Å². The molecule has 4 rings (SSSR count). The molecule has 0 amide bonds. The smallest absolute Gasteiger partial charge is 0.223 e. The zero-order valence-electron chi connectivity index (χ0n) is 8.66. The van der Waals surface area contributed by atoms with Crippen molar-refractivity contribution in [2.45, 2.75) is 51.0 Å². The summed E-state index contributed by atoms with van der Waals surface area (Å²) in [4.78, 5) is 11.2. The van der Waals surface area contributed by atoms with Crippen molar-refractivity contribution in [3.05, 3.63) is 10.1 Å². The van der Waals surface area contributed by atoms with Crippen LogP contribution in [-0.4, -0.2) is 10.5 Å². The Morgan fingerprint density at radius 3 is 2.21 bits per heavy atom. The summed E-state index contributed by atoms with van der Waals surface area (Å²) in [6.45, 7) is 2.27. The third-order valence-electron chi connectivity index (χ3n) is 4.71. The van der Waals surface area contributed by atoms with Crippen LogP contribution in [0.4, 0.5) is 0 Å². The van der Waals surface area contributed by atoms with E-state index < -0.39 is 5.54 Å². The molecular weight excluding hydrogens is 178 g/mol. The van der Waals surface area contributed by atoms with Crippen molar-refractivity contribution < 1.29 is 4.92 Å². The minimum absolute atomic E-state index is 0.0444. The Morgan fingerprint density at radius 1 is 1.21 bits per heavy atom. The van der Waals surface area contributed by atoms with Crippen LogP contribution < -0.4 is 0 Å². The minimum Gasteiger partial charge on any atom is -0.264 e. The Kier molecular flexibility index (Phi) is 1.43. The van der Waals surface area contributed by atoms with Gasteiger partial charge in [0.15, 0.2) is 0 Å². The Hall–Kier alpha value is -0.600. The molecule has 4 aliphatic carbocycles. The fraction of sp³-hybridized carbons (Fsp3) is 1.00. The highest BCUT2D eigenvalue weighted by atomic mass is 16.6. The average Bonchev–Trinajstić information content (AvgIpc) is 1.98. The van der Waals surface area contributed by atoms with Gasteiger partial charge in [-0.3, -0.25) is 10.1 Å². The lowest BCUT2D eigenvalue weighted by Gasteiger charge is -2.56. The molecule has 2 unspecified atom stereocenters. The summed E-state index contributed by atoms with van der Waals surface area (Å²) in [5.41, 5.74) is -0.212. The van der Waals surface area contributed by atoms with Crippen LogP contribution in [0, 0.1) is 27.4 Å². The van der Waals surface area contributed by atoms with Gasteiger partial charge in [-0.05, 0) is 36.5 Å². The van der Waals surface area contributed by atoms with E-state index in [0.29, 0.717) is 17.3 Å². The molecule has 0 aromatic carbocycles. The second-order valence-corrected chi connectivity index (χ2v) is 6.25. The molecule has 3 nitrogen and oxygen atoms in total. The fourth-order valence-corrected chi connectivity index (χ4v) is 4.88. The topological polar surface area (TPSA) is 43.1 Å². The molecule has 4 bridgehead atoms. The SMILES string of the molecule is CC12CC3CC(C1)CC([N+](=O)[O-])(C3)C2. The van der Waals surface area contributed by atoms with Crippen LogP contribution in [0.5, 0.6) is 0 Å². The highest BCUT2D eigenvalue weighted by Gasteiger charge is 2.62. The van der Waals surface area contributed by atoms with E-state index in [0.717, 1.165) is 19.3 Å². The van der Waals surface area contributed by atoms with E-state index in [9.17, 15) is 10.1 Å². The highest BCUT2D eigenvalue weighted by Crippen LogP contribution is 2.62. The van der Waals surface area contributed by atoms with Crippen LogP contribution in [0.1, 0.15) is 45.4 Å². The molecule has 14 heavy (non-hydrogen) atoms. The van der Waals surface area contributed by atoms with Gasteiger partial charge in [0.2, 0.25) is 5.54 Å². The molecule has 4 aliphatic rings. The van der Waals surface area contributed by atoms with Crippen LogP contribution in [0.3, 0.4) is 0 Å². The Morgan fingerprint density at radius 2 is 1.79 bits per heavy atom. The second kappa shape index (κ2) is 2.31. The lowest BCUT2D eigenvalue weighted by Crippen LogP contribution is -2.58. The highest BCUT2D eigenvalue weighted by molar-refractivity contribution is 5.06. The molecule has 0 aromatic rings. The van der Waals surface area contributed by atoms with Crippen LogP contribution in [0.25, 0.3) is 0 Å². The monoisotopic (exact) mass is 195 g/mol. The van der Waals surface area contributed by atoms with Crippen molar-refractivity contribution in [2.75, 3.05) is 0 Å². The number of rotatable bonds is 1. The number of hydrogen-bond acceptors (Lipinski definition) is 2. The Labute approximate surface area is 84.0 Å². The molecule has 0 saturated heterocycles. The quantitative estimate of drug-likeness (QED) is 0.477. The molecule has 0 aromatic heterocycles. The van der Waals surface area contributed by atoms with Gasteiger partial charge in [-0.15, -0.1) is 0 Å². The molecule has 2 atom stereocenters. The third-order valence-corrected chi connectivity index (χ3v) is 4.71. The standard InChI is InChI=1S/C11H17NO2/c1-10-3-8-2-9(4-10)6-11(5-8,7-10)12(13)14/h8-9H,2-7H2,1H3. The van der Waals surface area contributed by atoms with Crippen molar-refractivity contribution in [3.63, 3.8) is 0 Å². The van der Waals surface area contributed by atoms with Crippen LogP contribution in [0.15, 0.2) is 0 Å².